The van der Waals surface area contributed by atoms with Gasteiger partial charge in [0.25, 0.3) is 0 Å². The third-order valence-electron chi connectivity index (χ3n) is 2.34. The van der Waals surface area contributed by atoms with E-state index >= 15 is 0 Å². The third kappa shape index (κ3) is 2.46. The Morgan fingerprint density at radius 1 is 1.35 bits per heavy atom. The molecule has 2 rings (SSSR count). The van der Waals surface area contributed by atoms with Crippen molar-refractivity contribution in [1.29, 1.82) is 0 Å². The van der Waals surface area contributed by atoms with Gasteiger partial charge < -0.3 is 9.52 Å². The molecule has 1 aromatic carbocycles. The highest BCUT2D eigenvalue weighted by Crippen LogP contribution is 2.26. The second kappa shape index (κ2) is 4.82. The average Bonchev–Trinajstić information content (AvgIpc) is 2.28. The van der Waals surface area contributed by atoms with Gasteiger partial charge in [-0.1, -0.05) is 35.3 Å². The summed E-state index contributed by atoms with van der Waals surface area (Å²) in [5, 5.41) is 10.5. The van der Waals surface area contributed by atoms with Gasteiger partial charge in [0, 0.05) is 6.42 Å². The molecule has 0 aliphatic rings. The van der Waals surface area contributed by atoms with Gasteiger partial charge in [0.15, 0.2) is 0 Å². The molecule has 2 aromatic rings. The van der Waals surface area contributed by atoms with Crippen molar-refractivity contribution in [1.82, 2.24) is 0 Å². The Labute approximate surface area is 107 Å². The summed E-state index contributed by atoms with van der Waals surface area (Å²) < 4.78 is 5.11. The number of benzene rings is 1. The van der Waals surface area contributed by atoms with E-state index < -0.39 is 5.63 Å². The first-order valence-electron chi connectivity index (χ1n) is 4.84. The van der Waals surface area contributed by atoms with Gasteiger partial charge in [-0.25, -0.2) is 4.79 Å². The van der Waals surface area contributed by atoms with Crippen LogP contribution in [0.2, 0.25) is 0 Å². The van der Waals surface area contributed by atoms with Crippen LogP contribution in [0.3, 0.4) is 0 Å². The quantitative estimate of drug-likeness (QED) is 0.852. The Bertz CT molecular complexity index is 640. The molecule has 5 heteroatoms. The fourth-order valence-corrected chi connectivity index (χ4v) is 1.69. The molecule has 0 saturated carbocycles. The predicted molar refractivity (Wildman–Crippen MR) is 67.6 cm³/mol. The van der Waals surface area contributed by atoms with E-state index in [4.69, 9.17) is 27.6 Å². The molecule has 0 spiro atoms. The number of rotatable bonds is 2. The molecule has 0 fully saturated rings. The Kier molecular flexibility index (Phi) is 3.41. The van der Waals surface area contributed by atoms with Crippen LogP contribution in [-0.4, -0.2) is 5.11 Å². The third-order valence-corrected chi connectivity index (χ3v) is 2.65. The second-order valence-corrected chi connectivity index (χ2v) is 4.42. The zero-order valence-corrected chi connectivity index (χ0v) is 10.1. The summed E-state index contributed by atoms with van der Waals surface area (Å²) in [5.74, 6) is -0.0947. The van der Waals surface area contributed by atoms with Gasteiger partial charge in [0.05, 0.1) is 10.9 Å². The molecule has 1 N–H and O–H groups in total. The van der Waals surface area contributed by atoms with E-state index in [1.165, 1.54) is 6.08 Å². The molecule has 0 atom stereocenters. The van der Waals surface area contributed by atoms with Crippen LogP contribution in [0.1, 0.15) is 5.56 Å². The zero-order chi connectivity index (χ0) is 12.4. The Morgan fingerprint density at radius 2 is 2.06 bits per heavy atom. The topological polar surface area (TPSA) is 50.4 Å². The summed E-state index contributed by atoms with van der Waals surface area (Å²) in [6.45, 7) is 0. The lowest BCUT2D eigenvalue weighted by molar-refractivity contribution is 0.459. The smallest absolute Gasteiger partial charge is 0.343 e. The molecule has 0 amide bonds. The van der Waals surface area contributed by atoms with Crippen LogP contribution in [0.15, 0.2) is 44.0 Å². The van der Waals surface area contributed by atoms with Crippen LogP contribution in [0.4, 0.5) is 0 Å². The standard InChI is InChI=1S/C12H8Cl2O3/c13-10(14)6-5-8-11(15)7-3-1-2-4-9(7)17-12(8)16/h1-4,6,15H,5H2. The maximum atomic E-state index is 11.6. The van der Waals surface area contributed by atoms with E-state index in [2.05, 4.69) is 0 Å². The molecule has 0 aliphatic carbocycles. The summed E-state index contributed by atoms with van der Waals surface area (Å²) in [7, 11) is 0. The minimum Gasteiger partial charge on any atom is -0.507 e. The van der Waals surface area contributed by atoms with Crippen molar-refractivity contribution in [3.05, 3.63) is 50.8 Å². The van der Waals surface area contributed by atoms with E-state index in [0.717, 1.165) is 0 Å². The van der Waals surface area contributed by atoms with Gasteiger partial charge in [0.1, 0.15) is 15.8 Å². The molecule has 88 valence electrons. The van der Waals surface area contributed by atoms with Gasteiger partial charge in [0.2, 0.25) is 0 Å². The maximum Gasteiger partial charge on any atom is 0.343 e. The fourth-order valence-electron chi connectivity index (χ4n) is 1.53. The molecule has 3 nitrogen and oxygen atoms in total. The summed E-state index contributed by atoms with van der Waals surface area (Å²) in [6.07, 6.45) is 1.55. The summed E-state index contributed by atoms with van der Waals surface area (Å²) in [6, 6.07) is 6.75. The fraction of sp³-hybridized carbons (Fsp3) is 0.0833. The van der Waals surface area contributed by atoms with E-state index in [-0.39, 0.29) is 22.2 Å². The lowest BCUT2D eigenvalue weighted by Gasteiger charge is -2.03. The van der Waals surface area contributed by atoms with Crippen molar-refractivity contribution in [3.8, 4) is 5.75 Å². The minimum atomic E-state index is -0.591. The van der Waals surface area contributed by atoms with Crippen molar-refractivity contribution in [2.45, 2.75) is 6.42 Å². The van der Waals surface area contributed by atoms with Crippen molar-refractivity contribution in [2.75, 3.05) is 0 Å². The van der Waals surface area contributed by atoms with Crippen LogP contribution in [-0.2, 0) is 6.42 Å². The monoisotopic (exact) mass is 270 g/mol. The predicted octanol–water partition coefficient (Wildman–Crippen LogP) is 3.36. The highest BCUT2D eigenvalue weighted by atomic mass is 35.5. The molecule has 0 saturated heterocycles. The van der Waals surface area contributed by atoms with Crippen LogP contribution in [0.25, 0.3) is 11.0 Å². The number of halogens is 2. The van der Waals surface area contributed by atoms with Crippen LogP contribution < -0.4 is 5.63 Å². The molecular weight excluding hydrogens is 263 g/mol. The molecule has 1 aromatic heterocycles. The first-order valence-corrected chi connectivity index (χ1v) is 5.60. The van der Waals surface area contributed by atoms with E-state index in [0.29, 0.717) is 11.0 Å². The highest BCUT2D eigenvalue weighted by Gasteiger charge is 2.12. The Morgan fingerprint density at radius 3 is 2.76 bits per heavy atom. The van der Waals surface area contributed by atoms with E-state index in [9.17, 15) is 9.90 Å². The number of fused-ring (bicyclic) bond motifs is 1. The van der Waals surface area contributed by atoms with Gasteiger partial charge in [-0.05, 0) is 18.2 Å². The largest absolute Gasteiger partial charge is 0.507 e. The molecule has 1 heterocycles. The van der Waals surface area contributed by atoms with Gasteiger partial charge in [-0.2, -0.15) is 0 Å². The van der Waals surface area contributed by atoms with Crippen molar-refractivity contribution >= 4 is 34.2 Å². The molecule has 0 aliphatic heterocycles. The first kappa shape index (κ1) is 12.0. The summed E-state index contributed by atoms with van der Waals surface area (Å²) in [5.41, 5.74) is -0.103. The molecule has 17 heavy (non-hydrogen) atoms. The molecule has 0 bridgehead atoms. The Balaban J connectivity index is 2.64. The molecule has 0 radical (unpaired) electrons. The maximum absolute atomic E-state index is 11.6. The first-order chi connectivity index (χ1) is 8.09. The lowest BCUT2D eigenvalue weighted by atomic mass is 10.1. The van der Waals surface area contributed by atoms with Crippen LogP contribution >= 0.6 is 23.2 Å². The van der Waals surface area contributed by atoms with E-state index in [1.54, 1.807) is 24.3 Å². The van der Waals surface area contributed by atoms with Crippen molar-refractivity contribution in [2.24, 2.45) is 0 Å². The number of allylic oxidation sites excluding steroid dienone is 1. The number of aromatic hydroxyl groups is 1. The normalized spacial score (nSPS) is 10.5. The van der Waals surface area contributed by atoms with Crippen molar-refractivity contribution in [3.63, 3.8) is 0 Å². The van der Waals surface area contributed by atoms with Crippen molar-refractivity contribution < 1.29 is 9.52 Å². The average molecular weight is 271 g/mol. The molecular formula is C12H8Cl2O3. The number of hydrogen-bond acceptors (Lipinski definition) is 3. The second-order valence-electron chi connectivity index (χ2n) is 3.41. The van der Waals surface area contributed by atoms with Gasteiger partial charge in [-0.3, -0.25) is 0 Å². The highest BCUT2D eigenvalue weighted by molar-refractivity contribution is 6.55. The molecule has 0 unspecified atom stereocenters. The van der Waals surface area contributed by atoms with E-state index in [1.807, 2.05) is 0 Å². The summed E-state index contributed by atoms with van der Waals surface area (Å²) in [4.78, 5) is 11.6. The van der Waals surface area contributed by atoms with Crippen LogP contribution in [0.5, 0.6) is 5.75 Å². The van der Waals surface area contributed by atoms with Gasteiger partial charge in [-0.15, -0.1) is 0 Å². The SMILES string of the molecule is O=c1oc2ccccc2c(O)c1CC=C(Cl)Cl. The minimum absolute atomic E-state index is 0.0389. The zero-order valence-electron chi connectivity index (χ0n) is 8.61. The lowest BCUT2D eigenvalue weighted by Crippen LogP contribution is -2.06. The Hall–Kier alpha value is -1.45. The van der Waals surface area contributed by atoms with Gasteiger partial charge >= 0.3 is 5.63 Å². The van der Waals surface area contributed by atoms with Crippen LogP contribution in [0, 0.1) is 0 Å². The summed E-state index contributed by atoms with van der Waals surface area (Å²) >= 11 is 10.9. The number of hydrogen-bond donors (Lipinski definition) is 1. The number of para-hydroxylation sites is 1.